The summed E-state index contributed by atoms with van der Waals surface area (Å²) in [6.45, 7) is 4.17. The molecule has 8 nitrogen and oxygen atoms in total. The first-order valence-corrected chi connectivity index (χ1v) is 9.37. The van der Waals surface area contributed by atoms with Gasteiger partial charge in [0.1, 0.15) is 22.4 Å². The van der Waals surface area contributed by atoms with E-state index < -0.39 is 48.1 Å². The van der Waals surface area contributed by atoms with Crippen LogP contribution < -0.4 is 11.1 Å². The molecule has 2 rings (SSSR count). The molecule has 2 aromatic rings. The molecule has 1 atom stereocenters. The Labute approximate surface area is 172 Å². The third-order valence-corrected chi connectivity index (χ3v) is 5.29. The monoisotopic (exact) mass is 450 g/mol. The van der Waals surface area contributed by atoms with E-state index in [0.717, 1.165) is 0 Å². The van der Waals surface area contributed by atoms with Crippen LogP contribution in [0.4, 0.5) is 22.6 Å². The largest absolute Gasteiger partial charge is 0.462 e. The number of thiophene rings is 1. The summed E-state index contributed by atoms with van der Waals surface area (Å²) < 4.78 is 57.5. The second kappa shape index (κ2) is 9.24. The van der Waals surface area contributed by atoms with E-state index in [2.05, 4.69) is 10.4 Å². The maximum atomic E-state index is 13.2. The Bertz CT molecular complexity index is 973. The van der Waals surface area contributed by atoms with E-state index in [-0.39, 0.29) is 27.6 Å². The summed E-state index contributed by atoms with van der Waals surface area (Å²) in [7, 11) is 0. The zero-order valence-corrected chi connectivity index (χ0v) is 16.9. The molecule has 13 heteroatoms. The molecule has 0 aromatic carbocycles. The molecule has 164 valence electrons. The van der Waals surface area contributed by atoms with Crippen molar-refractivity contribution in [1.82, 2.24) is 9.78 Å². The number of ether oxygens (including phenoxy) is 1. The van der Waals surface area contributed by atoms with Crippen LogP contribution in [0.15, 0.2) is 6.07 Å². The summed E-state index contributed by atoms with van der Waals surface area (Å²) in [4.78, 5) is 36.5. The van der Waals surface area contributed by atoms with Crippen LogP contribution in [0, 0.1) is 6.92 Å². The van der Waals surface area contributed by atoms with Gasteiger partial charge in [-0.05, 0) is 32.4 Å². The number of hydrogen-bond donors (Lipinski definition) is 2. The maximum Gasteiger partial charge on any atom is 0.341 e. The fourth-order valence-electron chi connectivity index (χ4n) is 2.62. The fourth-order valence-corrected chi connectivity index (χ4v) is 3.67. The molecule has 0 saturated carbocycles. The van der Waals surface area contributed by atoms with Gasteiger partial charge < -0.3 is 15.8 Å². The van der Waals surface area contributed by atoms with Crippen LogP contribution in [0.2, 0.25) is 0 Å². The molecule has 0 aliphatic heterocycles. The number of halogens is 4. The molecule has 0 aliphatic carbocycles. The molecule has 2 aromatic heterocycles. The number of anilines is 1. The van der Waals surface area contributed by atoms with Crippen LogP contribution in [0.25, 0.3) is 0 Å². The molecule has 1 unspecified atom stereocenters. The number of amides is 2. The van der Waals surface area contributed by atoms with Crippen LogP contribution in [0.5, 0.6) is 0 Å². The van der Waals surface area contributed by atoms with Gasteiger partial charge in [0.15, 0.2) is 0 Å². The van der Waals surface area contributed by atoms with Crippen molar-refractivity contribution in [2.45, 2.75) is 39.7 Å². The maximum absolute atomic E-state index is 13.2. The average molecular weight is 450 g/mol. The van der Waals surface area contributed by atoms with Crippen LogP contribution >= 0.6 is 11.3 Å². The molecule has 0 fully saturated rings. The molecule has 0 aliphatic rings. The summed E-state index contributed by atoms with van der Waals surface area (Å²) in [5.74, 6) is -2.59. The highest BCUT2D eigenvalue weighted by Crippen LogP contribution is 2.34. The Morgan fingerprint density at radius 2 is 1.90 bits per heavy atom. The van der Waals surface area contributed by atoms with Crippen LogP contribution in [-0.4, -0.2) is 34.2 Å². The first-order valence-electron chi connectivity index (χ1n) is 8.56. The van der Waals surface area contributed by atoms with Crippen LogP contribution in [0.3, 0.4) is 0 Å². The van der Waals surface area contributed by atoms with Crippen molar-refractivity contribution in [3.8, 4) is 0 Å². The lowest BCUT2D eigenvalue weighted by atomic mass is 10.1. The minimum Gasteiger partial charge on any atom is -0.462 e. The Morgan fingerprint density at radius 3 is 2.40 bits per heavy atom. The third-order valence-electron chi connectivity index (χ3n) is 4.06. The molecule has 0 radical (unpaired) electrons. The molecule has 0 spiro atoms. The van der Waals surface area contributed by atoms with Gasteiger partial charge in [-0.2, -0.15) is 5.10 Å². The number of aromatic nitrogens is 2. The Morgan fingerprint density at radius 1 is 1.27 bits per heavy atom. The average Bonchev–Trinajstić information content (AvgIpc) is 3.23. The van der Waals surface area contributed by atoms with Gasteiger partial charge in [0.25, 0.3) is 18.8 Å². The first-order chi connectivity index (χ1) is 14.0. The standard InChI is InChI=1S/C17H18F4N4O4S/c1-4-29-17(28)10-6(2)11(14(22)26)30-16(10)23-15(27)7(3)25-9(13(20)21)5-8(24-25)12(18)19/h5,7,12-13H,4H2,1-3H3,(H2,22,26)(H,23,27). The van der Waals surface area contributed by atoms with Crippen molar-refractivity contribution < 1.29 is 36.7 Å². The van der Waals surface area contributed by atoms with E-state index in [1.807, 2.05) is 0 Å². The highest BCUT2D eigenvalue weighted by atomic mass is 32.1. The minimum absolute atomic E-state index is 0.00616. The predicted molar refractivity (Wildman–Crippen MR) is 99.0 cm³/mol. The number of hydrogen-bond acceptors (Lipinski definition) is 6. The van der Waals surface area contributed by atoms with Crippen LogP contribution in [0.1, 0.15) is 69.7 Å². The molecule has 2 amide bonds. The van der Waals surface area contributed by atoms with Gasteiger partial charge in [-0.15, -0.1) is 11.3 Å². The topological polar surface area (TPSA) is 116 Å². The molecule has 0 bridgehead atoms. The molecule has 0 saturated heterocycles. The smallest absolute Gasteiger partial charge is 0.341 e. The van der Waals surface area contributed by atoms with Gasteiger partial charge in [0.05, 0.1) is 17.0 Å². The minimum atomic E-state index is -3.15. The lowest BCUT2D eigenvalue weighted by molar-refractivity contribution is -0.119. The van der Waals surface area contributed by atoms with E-state index in [1.165, 1.54) is 13.8 Å². The SMILES string of the molecule is CCOC(=O)c1c(NC(=O)C(C)n2nc(C(F)F)cc2C(F)F)sc(C(N)=O)c1C. The number of nitrogens with zero attached hydrogens (tertiary/aromatic N) is 2. The van der Waals surface area contributed by atoms with Gasteiger partial charge in [-0.1, -0.05) is 0 Å². The zero-order chi connectivity index (χ0) is 22.7. The number of esters is 1. The fraction of sp³-hybridized carbons (Fsp3) is 0.412. The van der Waals surface area contributed by atoms with Gasteiger partial charge in [-0.25, -0.2) is 22.4 Å². The summed E-state index contributed by atoms with van der Waals surface area (Å²) in [5, 5.41) is 5.65. The second-order valence-electron chi connectivity index (χ2n) is 6.05. The highest BCUT2D eigenvalue weighted by Gasteiger charge is 2.30. The lowest BCUT2D eigenvalue weighted by Gasteiger charge is -2.15. The quantitative estimate of drug-likeness (QED) is 0.471. The number of alkyl halides is 4. The van der Waals surface area contributed by atoms with E-state index >= 15 is 0 Å². The molecule has 3 N–H and O–H groups in total. The highest BCUT2D eigenvalue weighted by molar-refractivity contribution is 7.18. The first kappa shape index (κ1) is 23.3. The number of nitrogens with two attached hydrogens (primary N) is 1. The number of primary amides is 1. The second-order valence-corrected chi connectivity index (χ2v) is 7.07. The lowest BCUT2D eigenvalue weighted by Crippen LogP contribution is -2.26. The Balaban J connectivity index is 2.41. The van der Waals surface area contributed by atoms with Gasteiger partial charge in [0, 0.05) is 0 Å². The van der Waals surface area contributed by atoms with Crippen molar-refractivity contribution in [3.05, 3.63) is 33.5 Å². The number of nitrogens with one attached hydrogen (secondary N) is 1. The van der Waals surface area contributed by atoms with Gasteiger partial charge in [0.2, 0.25) is 5.91 Å². The third kappa shape index (κ3) is 4.61. The number of carbonyl (C=O) groups is 3. The normalized spacial score (nSPS) is 12.3. The van der Waals surface area contributed by atoms with Crippen molar-refractivity contribution in [3.63, 3.8) is 0 Å². The summed E-state index contributed by atoms with van der Waals surface area (Å²) in [6, 6.07) is -0.917. The zero-order valence-electron chi connectivity index (χ0n) is 16.0. The van der Waals surface area contributed by atoms with E-state index in [9.17, 15) is 31.9 Å². The summed E-state index contributed by atoms with van der Waals surface area (Å²) in [5.41, 5.74) is 3.58. The van der Waals surface area contributed by atoms with E-state index in [4.69, 9.17) is 10.5 Å². The summed E-state index contributed by atoms with van der Waals surface area (Å²) >= 11 is 0.705. The number of rotatable bonds is 8. The van der Waals surface area contributed by atoms with E-state index in [0.29, 0.717) is 22.1 Å². The molecule has 2 heterocycles. The van der Waals surface area contributed by atoms with Gasteiger partial charge in [-0.3, -0.25) is 14.3 Å². The Kier molecular flexibility index (Phi) is 7.18. The Hall–Kier alpha value is -2.96. The van der Waals surface area contributed by atoms with Crippen molar-refractivity contribution in [2.24, 2.45) is 5.73 Å². The van der Waals surface area contributed by atoms with Gasteiger partial charge >= 0.3 is 5.97 Å². The van der Waals surface area contributed by atoms with E-state index in [1.54, 1.807) is 6.92 Å². The number of carbonyl (C=O) groups excluding carboxylic acids is 3. The summed E-state index contributed by atoms with van der Waals surface area (Å²) in [6.07, 6.45) is -6.26. The van der Waals surface area contributed by atoms with Crippen LogP contribution in [-0.2, 0) is 9.53 Å². The molecule has 30 heavy (non-hydrogen) atoms. The van der Waals surface area contributed by atoms with Crippen molar-refractivity contribution in [1.29, 1.82) is 0 Å². The predicted octanol–water partition coefficient (Wildman–Crippen LogP) is 3.60. The van der Waals surface area contributed by atoms with Crippen molar-refractivity contribution >= 4 is 34.1 Å². The van der Waals surface area contributed by atoms with Crippen molar-refractivity contribution in [2.75, 3.05) is 11.9 Å². The molecular weight excluding hydrogens is 432 g/mol. The molecular formula is C17H18F4N4O4S.